The molecule has 0 aliphatic heterocycles. The Labute approximate surface area is 176 Å². The summed E-state index contributed by atoms with van der Waals surface area (Å²) in [6.45, 7) is 7.57. The van der Waals surface area contributed by atoms with Crippen LogP contribution in [-0.2, 0) is 10.0 Å². The number of aromatic nitrogens is 1. The van der Waals surface area contributed by atoms with Crippen molar-refractivity contribution in [1.29, 1.82) is 0 Å². The first-order chi connectivity index (χ1) is 14.1. The molecule has 1 unspecified atom stereocenters. The third kappa shape index (κ3) is 4.81. The molecule has 1 fully saturated rings. The Kier molecular flexibility index (Phi) is 6.47. The number of nitro groups is 1. The standard InChI is InChI=1S/C20H28N4O5S/c1-12-5-7-16(8-6-12)23-30(27,28)17-9-10-18(19(11-17)24(25)26)21-13(2)20-14(3)22-29-15(20)4/h9-13,16,21,23H,5-8H2,1-4H3. The van der Waals surface area contributed by atoms with Gasteiger partial charge in [-0.2, -0.15) is 0 Å². The molecule has 164 valence electrons. The summed E-state index contributed by atoms with van der Waals surface area (Å²) in [6, 6.07) is 3.49. The molecule has 2 N–H and O–H groups in total. The summed E-state index contributed by atoms with van der Waals surface area (Å²) in [7, 11) is -3.84. The largest absolute Gasteiger partial charge is 0.373 e. The molecule has 30 heavy (non-hydrogen) atoms. The lowest BCUT2D eigenvalue weighted by molar-refractivity contribution is -0.384. The van der Waals surface area contributed by atoms with Gasteiger partial charge in [0.15, 0.2) is 0 Å². The summed E-state index contributed by atoms with van der Waals surface area (Å²) < 4.78 is 33.5. The Morgan fingerprint density at radius 3 is 2.47 bits per heavy atom. The van der Waals surface area contributed by atoms with Gasteiger partial charge in [0.1, 0.15) is 11.4 Å². The third-order valence-electron chi connectivity index (χ3n) is 5.71. The van der Waals surface area contributed by atoms with Crippen LogP contribution in [0.25, 0.3) is 0 Å². The zero-order valence-electron chi connectivity index (χ0n) is 17.6. The molecular weight excluding hydrogens is 408 g/mol. The lowest BCUT2D eigenvalue weighted by Crippen LogP contribution is -2.37. The van der Waals surface area contributed by atoms with Crippen molar-refractivity contribution in [3.63, 3.8) is 0 Å². The lowest BCUT2D eigenvalue weighted by atomic mass is 9.88. The maximum Gasteiger partial charge on any atom is 0.293 e. The topological polar surface area (TPSA) is 127 Å². The van der Waals surface area contributed by atoms with Crippen LogP contribution in [0, 0.1) is 29.9 Å². The smallest absolute Gasteiger partial charge is 0.293 e. The van der Waals surface area contributed by atoms with E-state index in [4.69, 9.17) is 4.52 Å². The van der Waals surface area contributed by atoms with Crippen LogP contribution in [0.3, 0.4) is 0 Å². The molecule has 0 saturated heterocycles. The second-order valence-electron chi connectivity index (χ2n) is 8.12. The molecule has 1 saturated carbocycles. The number of hydrogen-bond donors (Lipinski definition) is 2. The minimum absolute atomic E-state index is 0.108. The average molecular weight is 437 g/mol. The van der Waals surface area contributed by atoms with Crippen LogP contribution < -0.4 is 10.0 Å². The summed E-state index contributed by atoms with van der Waals surface area (Å²) in [5, 5.41) is 18.6. The van der Waals surface area contributed by atoms with Crippen LogP contribution in [0.15, 0.2) is 27.6 Å². The molecule has 1 aliphatic rings. The van der Waals surface area contributed by atoms with Crippen molar-refractivity contribution < 1.29 is 17.9 Å². The fraction of sp³-hybridized carbons (Fsp3) is 0.550. The van der Waals surface area contributed by atoms with Gasteiger partial charge in [0.25, 0.3) is 5.69 Å². The van der Waals surface area contributed by atoms with E-state index in [9.17, 15) is 18.5 Å². The van der Waals surface area contributed by atoms with Gasteiger partial charge in [-0.3, -0.25) is 10.1 Å². The van der Waals surface area contributed by atoms with Gasteiger partial charge in [-0.1, -0.05) is 12.1 Å². The van der Waals surface area contributed by atoms with E-state index in [2.05, 4.69) is 22.1 Å². The molecule has 2 aromatic rings. The molecule has 9 nitrogen and oxygen atoms in total. The molecule has 1 aliphatic carbocycles. The summed E-state index contributed by atoms with van der Waals surface area (Å²) in [6.07, 6.45) is 3.49. The van der Waals surface area contributed by atoms with E-state index in [1.165, 1.54) is 12.1 Å². The SMILES string of the molecule is Cc1noc(C)c1C(C)Nc1ccc(S(=O)(=O)NC2CCC(C)CC2)cc1[N+](=O)[O-]. The number of aryl methyl sites for hydroxylation is 2. The molecule has 3 rings (SSSR count). The Balaban J connectivity index is 1.83. The van der Waals surface area contributed by atoms with Gasteiger partial charge in [0.2, 0.25) is 10.0 Å². The van der Waals surface area contributed by atoms with Gasteiger partial charge in [-0.15, -0.1) is 0 Å². The minimum atomic E-state index is -3.84. The molecule has 0 amide bonds. The van der Waals surface area contributed by atoms with Gasteiger partial charge in [-0.25, -0.2) is 13.1 Å². The molecule has 0 radical (unpaired) electrons. The highest BCUT2D eigenvalue weighted by molar-refractivity contribution is 7.89. The van der Waals surface area contributed by atoms with Gasteiger partial charge in [0.05, 0.1) is 21.6 Å². The number of anilines is 1. The van der Waals surface area contributed by atoms with E-state index in [1.54, 1.807) is 13.8 Å². The number of sulfonamides is 1. The van der Waals surface area contributed by atoms with Crippen LogP contribution in [0.4, 0.5) is 11.4 Å². The van der Waals surface area contributed by atoms with Gasteiger partial charge >= 0.3 is 0 Å². The summed E-state index contributed by atoms with van der Waals surface area (Å²) in [4.78, 5) is 11.0. The van der Waals surface area contributed by atoms with E-state index in [0.717, 1.165) is 37.3 Å². The van der Waals surface area contributed by atoms with Crippen LogP contribution >= 0.6 is 0 Å². The number of rotatable bonds is 7. The van der Waals surface area contributed by atoms with E-state index < -0.39 is 14.9 Å². The van der Waals surface area contributed by atoms with E-state index in [0.29, 0.717) is 17.4 Å². The summed E-state index contributed by atoms with van der Waals surface area (Å²) in [5.41, 5.74) is 1.45. The molecular formula is C20H28N4O5S. The quantitative estimate of drug-likeness (QED) is 0.491. The van der Waals surface area contributed by atoms with Gasteiger partial charge < -0.3 is 9.84 Å². The van der Waals surface area contributed by atoms with E-state index >= 15 is 0 Å². The maximum absolute atomic E-state index is 12.8. The number of benzene rings is 1. The third-order valence-corrected chi connectivity index (χ3v) is 7.23. The normalized spacial score (nSPS) is 20.7. The number of hydrogen-bond acceptors (Lipinski definition) is 7. The minimum Gasteiger partial charge on any atom is -0.373 e. The average Bonchev–Trinajstić information content (AvgIpc) is 3.01. The predicted octanol–water partition coefficient (Wildman–Crippen LogP) is 4.23. The van der Waals surface area contributed by atoms with Crippen molar-refractivity contribution in [2.24, 2.45) is 5.92 Å². The van der Waals surface area contributed by atoms with Gasteiger partial charge in [-0.05, 0) is 64.5 Å². The highest BCUT2D eigenvalue weighted by Gasteiger charge is 2.27. The molecule has 10 heteroatoms. The van der Waals surface area contributed by atoms with Gasteiger partial charge in [0, 0.05) is 17.7 Å². The zero-order valence-corrected chi connectivity index (χ0v) is 18.5. The molecule has 1 heterocycles. The second kappa shape index (κ2) is 8.73. The van der Waals surface area contributed by atoms with Crippen molar-refractivity contribution in [2.75, 3.05) is 5.32 Å². The number of nitro benzene ring substituents is 1. The monoisotopic (exact) mass is 436 g/mol. The van der Waals surface area contributed by atoms with Crippen LogP contribution in [-0.4, -0.2) is 24.5 Å². The predicted molar refractivity (Wildman–Crippen MR) is 113 cm³/mol. The first kappa shape index (κ1) is 22.2. The van der Waals surface area contributed by atoms with E-state index in [1.807, 2.05) is 6.92 Å². The van der Waals surface area contributed by atoms with Crippen LogP contribution in [0.2, 0.25) is 0 Å². The van der Waals surface area contributed by atoms with Crippen molar-refractivity contribution in [2.45, 2.75) is 70.4 Å². The van der Waals surface area contributed by atoms with E-state index in [-0.39, 0.29) is 28.4 Å². The summed E-state index contributed by atoms with van der Waals surface area (Å²) in [5.74, 6) is 1.22. The Morgan fingerprint density at radius 2 is 1.90 bits per heavy atom. The molecule has 1 aromatic carbocycles. The Bertz CT molecular complexity index is 1010. The molecule has 0 bridgehead atoms. The van der Waals surface area contributed by atoms with Crippen molar-refractivity contribution in [1.82, 2.24) is 9.88 Å². The summed E-state index contributed by atoms with van der Waals surface area (Å²) >= 11 is 0. The lowest BCUT2D eigenvalue weighted by Gasteiger charge is -2.26. The maximum atomic E-state index is 12.8. The van der Waals surface area contributed by atoms with Crippen LogP contribution in [0.1, 0.15) is 62.6 Å². The van der Waals surface area contributed by atoms with Crippen molar-refractivity contribution >= 4 is 21.4 Å². The Morgan fingerprint density at radius 1 is 1.23 bits per heavy atom. The second-order valence-corrected chi connectivity index (χ2v) is 9.83. The first-order valence-electron chi connectivity index (χ1n) is 10.1. The fourth-order valence-electron chi connectivity index (χ4n) is 4.03. The number of nitrogens with zero attached hydrogens (tertiary/aromatic N) is 2. The Hall–Kier alpha value is -2.46. The van der Waals surface area contributed by atoms with Crippen LogP contribution in [0.5, 0.6) is 0 Å². The fourth-order valence-corrected chi connectivity index (χ4v) is 5.36. The molecule has 1 atom stereocenters. The molecule has 1 aromatic heterocycles. The zero-order chi connectivity index (χ0) is 22.1. The van der Waals surface area contributed by atoms with Crippen molar-refractivity contribution in [3.8, 4) is 0 Å². The number of nitrogens with one attached hydrogen (secondary N) is 2. The highest BCUT2D eigenvalue weighted by atomic mass is 32.2. The highest BCUT2D eigenvalue weighted by Crippen LogP contribution is 2.33. The first-order valence-corrected chi connectivity index (χ1v) is 11.6. The molecule has 0 spiro atoms. The van der Waals surface area contributed by atoms with Crippen molar-refractivity contribution in [3.05, 3.63) is 45.3 Å².